The molecule has 2 amide bonds. The molecular formula is C20H21ClN2O4. The number of amides is 2. The fourth-order valence-electron chi connectivity index (χ4n) is 2.44. The van der Waals surface area contributed by atoms with Crippen molar-refractivity contribution in [3.05, 3.63) is 70.7 Å². The van der Waals surface area contributed by atoms with E-state index in [-0.39, 0.29) is 24.8 Å². The zero-order valence-corrected chi connectivity index (χ0v) is 15.7. The lowest BCUT2D eigenvalue weighted by molar-refractivity contribution is -0.145. The minimum atomic E-state index is -0.781. The molecule has 0 aliphatic rings. The van der Waals surface area contributed by atoms with Gasteiger partial charge in [-0.2, -0.15) is 0 Å². The third-order valence-corrected chi connectivity index (χ3v) is 4.10. The monoisotopic (exact) mass is 388 g/mol. The van der Waals surface area contributed by atoms with Crippen LogP contribution in [0.4, 0.5) is 0 Å². The summed E-state index contributed by atoms with van der Waals surface area (Å²) in [5.74, 6) is -1.16. The summed E-state index contributed by atoms with van der Waals surface area (Å²) in [6, 6.07) is 15.0. The van der Waals surface area contributed by atoms with Gasteiger partial charge in [-0.3, -0.25) is 9.59 Å². The Kier molecular flexibility index (Phi) is 7.82. The molecular weight excluding hydrogens is 368 g/mol. The molecule has 27 heavy (non-hydrogen) atoms. The van der Waals surface area contributed by atoms with Crippen LogP contribution in [0.1, 0.15) is 22.3 Å². The largest absolute Gasteiger partial charge is 0.467 e. The quantitative estimate of drug-likeness (QED) is 0.680. The van der Waals surface area contributed by atoms with Gasteiger partial charge in [-0.1, -0.05) is 41.9 Å². The number of hydrogen-bond donors (Lipinski definition) is 2. The van der Waals surface area contributed by atoms with Gasteiger partial charge in [0.2, 0.25) is 5.91 Å². The predicted octanol–water partition coefficient (Wildman–Crippen LogP) is 2.36. The molecule has 2 aromatic carbocycles. The highest BCUT2D eigenvalue weighted by molar-refractivity contribution is 6.30. The molecule has 0 aromatic heterocycles. The lowest BCUT2D eigenvalue weighted by atomic mass is 10.1. The van der Waals surface area contributed by atoms with Crippen LogP contribution in [-0.4, -0.2) is 37.5 Å². The van der Waals surface area contributed by atoms with Crippen molar-refractivity contribution in [3.63, 3.8) is 0 Å². The first-order valence-electron chi connectivity index (χ1n) is 8.44. The van der Waals surface area contributed by atoms with Crippen molar-refractivity contribution in [1.82, 2.24) is 10.6 Å². The number of benzene rings is 2. The smallest absolute Gasteiger partial charge is 0.328 e. The van der Waals surface area contributed by atoms with E-state index in [9.17, 15) is 14.4 Å². The maximum Gasteiger partial charge on any atom is 0.328 e. The van der Waals surface area contributed by atoms with Gasteiger partial charge in [-0.05, 0) is 29.8 Å². The summed E-state index contributed by atoms with van der Waals surface area (Å²) in [6.07, 6.45) is 0.373. The summed E-state index contributed by atoms with van der Waals surface area (Å²) < 4.78 is 4.76. The topological polar surface area (TPSA) is 84.5 Å². The van der Waals surface area contributed by atoms with Crippen molar-refractivity contribution >= 4 is 29.4 Å². The maximum absolute atomic E-state index is 12.1. The zero-order valence-electron chi connectivity index (χ0n) is 14.9. The summed E-state index contributed by atoms with van der Waals surface area (Å²) in [5, 5.41) is 5.85. The molecule has 142 valence electrons. The molecule has 0 saturated heterocycles. The van der Waals surface area contributed by atoms with Crippen LogP contribution in [0.25, 0.3) is 0 Å². The number of nitrogens with one attached hydrogen (secondary N) is 2. The first kappa shape index (κ1) is 20.5. The number of carbonyl (C=O) groups is 3. The number of rotatable bonds is 8. The maximum atomic E-state index is 12.1. The number of carbonyl (C=O) groups excluding carboxylic acids is 3. The first-order chi connectivity index (χ1) is 13.0. The number of ether oxygens (including phenoxy) is 1. The zero-order chi connectivity index (χ0) is 19.6. The van der Waals surface area contributed by atoms with E-state index in [2.05, 4.69) is 10.6 Å². The van der Waals surface area contributed by atoms with Gasteiger partial charge >= 0.3 is 5.97 Å². The molecule has 0 unspecified atom stereocenters. The van der Waals surface area contributed by atoms with Gasteiger partial charge in [0, 0.05) is 30.0 Å². The summed E-state index contributed by atoms with van der Waals surface area (Å²) in [5.41, 5.74) is 1.36. The molecule has 0 saturated carbocycles. The van der Waals surface area contributed by atoms with Gasteiger partial charge in [0.05, 0.1) is 7.11 Å². The molecule has 0 heterocycles. The van der Waals surface area contributed by atoms with Crippen molar-refractivity contribution in [2.45, 2.75) is 18.9 Å². The Morgan fingerprint density at radius 2 is 1.70 bits per heavy atom. The van der Waals surface area contributed by atoms with E-state index in [1.165, 1.54) is 7.11 Å². The third kappa shape index (κ3) is 6.75. The van der Waals surface area contributed by atoms with Gasteiger partial charge in [0.15, 0.2) is 0 Å². The van der Waals surface area contributed by atoms with Crippen molar-refractivity contribution < 1.29 is 19.1 Å². The second kappa shape index (κ2) is 10.3. The lowest BCUT2D eigenvalue weighted by Crippen LogP contribution is -2.44. The van der Waals surface area contributed by atoms with Crippen LogP contribution in [0.5, 0.6) is 0 Å². The van der Waals surface area contributed by atoms with E-state index < -0.39 is 12.0 Å². The molecule has 0 spiro atoms. The molecule has 0 radical (unpaired) electrons. The van der Waals surface area contributed by atoms with Crippen LogP contribution in [-0.2, 0) is 20.7 Å². The second-order valence-corrected chi connectivity index (χ2v) is 6.28. The minimum Gasteiger partial charge on any atom is -0.467 e. The Balaban J connectivity index is 1.83. The number of halogens is 1. The molecule has 2 N–H and O–H groups in total. The Hall–Kier alpha value is -2.86. The van der Waals surface area contributed by atoms with Gasteiger partial charge < -0.3 is 15.4 Å². The number of methoxy groups -OCH3 is 1. The van der Waals surface area contributed by atoms with Crippen molar-refractivity contribution in [2.24, 2.45) is 0 Å². The average molecular weight is 389 g/mol. The van der Waals surface area contributed by atoms with Crippen molar-refractivity contribution in [3.8, 4) is 0 Å². The van der Waals surface area contributed by atoms with Gasteiger partial charge in [0.1, 0.15) is 6.04 Å². The molecule has 0 fully saturated rings. The highest BCUT2D eigenvalue weighted by atomic mass is 35.5. The minimum absolute atomic E-state index is 0.0433. The van der Waals surface area contributed by atoms with Gasteiger partial charge in [-0.15, -0.1) is 0 Å². The normalized spacial score (nSPS) is 11.3. The Morgan fingerprint density at radius 1 is 1.04 bits per heavy atom. The Labute approximate surface area is 162 Å². The third-order valence-electron chi connectivity index (χ3n) is 3.85. The Morgan fingerprint density at radius 3 is 2.33 bits per heavy atom. The Bertz CT molecular complexity index is 778. The van der Waals surface area contributed by atoms with Gasteiger partial charge in [0.25, 0.3) is 5.91 Å². The second-order valence-electron chi connectivity index (χ2n) is 5.85. The average Bonchev–Trinajstić information content (AvgIpc) is 2.68. The van der Waals surface area contributed by atoms with Crippen LogP contribution < -0.4 is 10.6 Å². The summed E-state index contributed by atoms with van der Waals surface area (Å²) in [4.78, 5) is 36.1. The van der Waals surface area contributed by atoms with E-state index in [4.69, 9.17) is 16.3 Å². The molecule has 6 nitrogen and oxygen atoms in total. The first-order valence-corrected chi connectivity index (χ1v) is 8.82. The molecule has 7 heteroatoms. The SMILES string of the molecule is COC(=O)[C@@H](Cc1ccccc1)NC(=O)CCNC(=O)c1ccc(Cl)cc1. The van der Waals surface area contributed by atoms with E-state index in [1.807, 2.05) is 30.3 Å². The van der Waals surface area contributed by atoms with E-state index >= 15 is 0 Å². The van der Waals surface area contributed by atoms with Crippen LogP contribution in [0, 0.1) is 0 Å². The van der Waals surface area contributed by atoms with E-state index in [1.54, 1.807) is 24.3 Å². The highest BCUT2D eigenvalue weighted by Gasteiger charge is 2.21. The molecule has 1 atom stereocenters. The highest BCUT2D eigenvalue weighted by Crippen LogP contribution is 2.09. The molecule has 2 rings (SSSR count). The number of esters is 1. The van der Waals surface area contributed by atoms with Crippen molar-refractivity contribution in [1.29, 1.82) is 0 Å². The van der Waals surface area contributed by atoms with Crippen LogP contribution in [0.15, 0.2) is 54.6 Å². The summed E-state index contributed by atoms with van der Waals surface area (Å²) in [6.45, 7) is 0.145. The fourth-order valence-corrected chi connectivity index (χ4v) is 2.57. The van der Waals surface area contributed by atoms with Crippen LogP contribution in [0.2, 0.25) is 5.02 Å². The van der Waals surface area contributed by atoms with E-state index in [0.29, 0.717) is 17.0 Å². The van der Waals surface area contributed by atoms with Crippen LogP contribution >= 0.6 is 11.6 Å². The summed E-state index contributed by atoms with van der Waals surface area (Å²) >= 11 is 5.78. The van der Waals surface area contributed by atoms with E-state index in [0.717, 1.165) is 5.56 Å². The molecule has 0 bridgehead atoms. The number of hydrogen-bond acceptors (Lipinski definition) is 4. The fraction of sp³-hybridized carbons (Fsp3) is 0.250. The summed E-state index contributed by atoms with van der Waals surface area (Å²) in [7, 11) is 1.28. The molecule has 2 aromatic rings. The van der Waals surface area contributed by atoms with Crippen LogP contribution in [0.3, 0.4) is 0 Å². The lowest BCUT2D eigenvalue weighted by Gasteiger charge is -2.16. The predicted molar refractivity (Wildman–Crippen MR) is 102 cm³/mol. The molecule has 0 aliphatic carbocycles. The van der Waals surface area contributed by atoms with Crippen molar-refractivity contribution in [2.75, 3.05) is 13.7 Å². The van der Waals surface area contributed by atoms with Gasteiger partial charge in [-0.25, -0.2) is 4.79 Å². The standard InChI is InChI=1S/C20H21ClN2O4/c1-27-20(26)17(13-14-5-3-2-4-6-14)23-18(24)11-12-22-19(25)15-7-9-16(21)10-8-15/h2-10,17H,11-13H2,1H3,(H,22,25)(H,23,24)/t17-/m1/s1. The molecule has 0 aliphatic heterocycles.